The van der Waals surface area contributed by atoms with Gasteiger partial charge in [0.15, 0.2) is 5.82 Å². The summed E-state index contributed by atoms with van der Waals surface area (Å²) in [6.07, 6.45) is 4.66. The largest absolute Gasteiger partial charge is 0.339 e. The minimum atomic E-state index is 0.449. The molecule has 1 aromatic rings. The molecule has 20 heavy (non-hydrogen) atoms. The lowest BCUT2D eigenvalue weighted by molar-refractivity contribution is 0.163. The fraction of sp³-hybridized carbons (Fsp3) is 0.867. The van der Waals surface area contributed by atoms with Gasteiger partial charge in [0, 0.05) is 24.4 Å². The molecule has 1 aromatic heterocycles. The summed E-state index contributed by atoms with van der Waals surface area (Å²) in [5, 5.41) is 7.65. The molecule has 0 bridgehead atoms. The summed E-state index contributed by atoms with van der Waals surface area (Å²) in [4.78, 5) is 7.24. The highest BCUT2D eigenvalue weighted by Crippen LogP contribution is 2.29. The van der Waals surface area contributed by atoms with E-state index in [-0.39, 0.29) is 0 Å². The highest BCUT2D eigenvalue weighted by molar-refractivity contribution is 5.02. The second-order valence-electron chi connectivity index (χ2n) is 6.44. The van der Waals surface area contributed by atoms with Crippen molar-refractivity contribution in [1.82, 2.24) is 20.4 Å². The van der Waals surface area contributed by atoms with E-state index in [2.05, 4.69) is 29.2 Å². The summed E-state index contributed by atoms with van der Waals surface area (Å²) in [5.41, 5.74) is 0. The van der Waals surface area contributed by atoms with Crippen molar-refractivity contribution in [3.05, 3.63) is 11.7 Å². The lowest BCUT2D eigenvalue weighted by Gasteiger charge is -2.34. The topological polar surface area (TPSA) is 54.2 Å². The maximum absolute atomic E-state index is 5.55. The first-order valence-electron chi connectivity index (χ1n) is 8.02. The van der Waals surface area contributed by atoms with E-state index in [1.807, 2.05) is 0 Å². The predicted molar refractivity (Wildman–Crippen MR) is 77.8 cm³/mol. The van der Waals surface area contributed by atoms with Crippen LogP contribution in [0.1, 0.15) is 63.1 Å². The van der Waals surface area contributed by atoms with Crippen molar-refractivity contribution < 1.29 is 4.52 Å². The van der Waals surface area contributed by atoms with Crippen LogP contribution in [-0.4, -0.2) is 47.3 Å². The van der Waals surface area contributed by atoms with Crippen LogP contribution in [0.4, 0.5) is 0 Å². The molecule has 2 fully saturated rings. The van der Waals surface area contributed by atoms with E-state index in [9.17, 15) is 0 Å². The van der Waals surface area contributed by atoms with Crippen molar-refractivity contribution >= 4 is 0 Å². The third-order valence-corrected chi connectivity index (χ3v) is 4.69. The van der Waals surface area contributed by atoms with E-state index >= 15 is 0 Å². The van der Waals surface area contributed by atoms with Crippen molar-refractivity contribution in [2.75, 3.05) is 26.2 Å². The molecule has 3 heterocycles. The molecule has 0 aromatic carbocycles. The van der Waals surface area contributed by atoms with Crippen molar-refractivity contribution in [2.24, 2.45) is 0 Å². The van der Waals surface area contributed by atoms with Gasteiger partial charge in [0.1, 0.15) is 0 Å². The summed E-state index contributed by atoms with van der Waals surface area (Å²) in [6.45, 7) is 8.92. The zero-order valence-electron chi connectivity index (χ0n) is 12.6. The third kappa shape index (κ3) is 3.04. The maximum atomic E-state index is 5.55. The molecule has 2 saturated heterocycles. The van der Waals surface area contributed by atoms with Crippen LogP contribution in [0.5, 0.6) is 0 Å². The number of hydrogen-bond donors (Lipinski definition) is 1. The number of nitrogens with one attached hydrogen (secondary N) is 1. The van der Waals surface area contributed by atoms with Gasteiger partial charge >= 0.3 is 0 Å². The van der Waals surface area contributed by atoms with E-state index < -0.39 is 0 Å². The number of nitrogens with zero attached hydrogens (tertiary/aromatic N) is 3. The van der Waals surface area contributed by atoms with Gasteiger partial charge in [0.25, 0.3) is 0 Å². The molecule has 1 N–H and O–H groups in total. The minimum absolute atomic E-state index is 0.449. The number of aromatic nitrogens is 2. The van der Waals surface area contributed by atoms with Crippen molar-refractivity contribution in [3.8, 4) is 0 Å². The average molecular weight is 278 g/mol. The zero-order chi connectivity index (χ0) is 13.9. The van der Waals surface area contributed by atoms with Gasteiger partial charge in [-0.1, -0.05) is 5.16 Å². The van der Waals surface area contributed by atoms with Gasteiger partial charge in [-0.3, -0.25) is 0 Å². The third-order valence-electron chi connectivity index (χ3n) is 4.69. The molecule has 1 unspecified atom stereocenters. The Labute approximate surface area is 121 Å². The lowest BCUT2D eigenvalue weighted by Crippen LogP contribution is -2.39. The zero-order valence-corrected chi connectivity index (χ0v) is 12.6. The second-order valence-corrected chi connectivity index (χ2v) is 6.44. The van der Waals surface area contributed by atoms with Crippen LogP contribution in [0.25, 0.3) is 0 Å². The molecule has 0 aliphatic carbocycles. The molecule has 3 rings (SSSR count). The number of rotatable bonds is 3. The van der Waals surface area contributed by atoms with Crippen molar-refractivity contribution in [2.45, 2.75) is 57.4 Å². The molecule has 0 spiro atoms. The maximum Gasteiger partial charge on any atom is 0.229 e. The van der Waals surface area contributed by atoms with Gasteiger partial charge in [0.05, 0.1) is 0 Å². The molecule has 1 atom stereocenters. The molecule has 0 saturated carbocycles. The standard InChI is InChI=1S/C15H26N4O/c1-11(2)19-9-3-4-13(10-19)14-17-15(20-18-14)12-5-7-16-8-6-12/h11-13,16H,3-10H2,1-2H3. The summed E-state index contributed by atoms with van der Waals surface area (Å²) in [5.74, 6) is 2.71. The molecular formula is C15H26N4O. The van der Waals surface area contributed by atoms with Crippen molar-refractivity contribution in [3.63, 3.8) is 0 Å². The van der Waals surface area contributed by atoms with Crippen LogP contribution in [0.15, 0.2) is 4.52 Å². The monoisotopic (exact) mass is 278 g/mol. The Bertz CT molecular complexity index is 425. The number of piperidine rings is 2. The van der Waals surface area contributed by atoms with Gasteiger partial charge in [-0.25, -0.2) is 0 Å². The predicted octanol–water partition coefficient (Wildman–Crippen LogP) is 2.12. The smallest absolute Gasteiger partial charge is 0.229 e. The highest BCUT2D eigenvalue weighted by Gasteiger charge is 2.28. The Morgan fingerprint density at radius 1 is 1.20 bits per heavy atom. The van der Waals surface area contributed by atoms with Gasteiger partial charge in [-0.15, -0.1) is 0 Å². The average Bonchev–Trinajstić information content (AvgIpc) is 2.98. The van der Waals surface area contributed by atoms with Crippen LogP contribution < -0.4 is 5.32 Å². The normalized spacial score (nSPS) is 26.2. The Morgan fingerprint density at radius 2 is 2.00 bits per heavy atom. The Morgan fingerprint density at radius 3 is 2.75 bits per heavy atom. The fourth-order valence-corrected chi connectivity index (χ4v) is 3.33. The molecule has 0 amide bonds. The first-order valence-corrected chi connectivity index (χ1v) is 8.02. The van der Waals surface area contributed by atoms with Gasteiger partial charge in [0.2, 0.25) is 5.89 Å². The number of hydrogen-bond acceptors (Lipinski definition) is 5. The van der Waals surface area contributed by atoms with Crippen LogP contribution in [0.3, 0.4) is 0 Å². The van der Waals surface area contributed by atoms with E-state index in [1.54, 1.807) is 0 Å². The van der Waals surface area contributed by atoms with E-state index in [0.29, 0.717) is 17.9 Å². The van der Waals surface area contributed by atoms with E-state index in [4.69, 9.17) is 9.51 Å². The first kappa shape index (κ1) is 14.0. The Balaban J connectivity index is 1.66. The SMILES string of the molecule is CC(C)N1CCCC(c2noc(C3CCNCC3)n2)C1. The fourth-order valence-electron chi connectivity index (χ4n) is 3.33. The Kier molecular flexibility index (Phi) is 4.36. The highest BCUT2D eigenvalue weighted by atomic mass is 16.5. The van der Waals surface area contributed by atoms with Crippen molar-refractivity contribution in [1.29, 1.82) is 0 Å². The van der Waals surface area contributed by atoms with Gasteiger partial charge in [-0.2, -0.15) is 4.98 Å². The minimum Gasteiger partial charge on any atom is -0.339 e. The molecular weight excluding hydrogens is 252 g/mol. The molecule has 5 nitrogen and oxygen atoms in total. The summed E-state index contributed by atoms with van der Waals surface area (Å²) < 4.78 is 5.55. The van der Waals surface area contributed by atoms with Gasteiger partial charge < -0.3 is 14.7 Å². The van der Waals surface area contributed by atoms with E-state index in [0.717, 1.165) is 44.2 Å². The summed E-state index contributed by atoms with van der Waals surface area (Å²) in [7, 11) is 0. The van der Waals surface area contributed by atoms with Crippen LogP contribution >= 0.6 is 0 Å². The quantitative estimate of drug-likeness (QED) is 0.918. The summed E-state index contributed by atoms with van der Waals surface area (Å²) in [6, 6.07) is 0.605. The molecule has 2 aliphatic rings. The molecule has 2 aliphatic heterocycles. The van der Waals surface area contributed by atoms with E-state index in [1.165, 1.54) is 19.4 Å². The van der Waals surface area contributed by atoms with Crippen LogP contribution in [0, 0.1) is 0 Å². The molecule has 5 heteroatoms. The lowest BCUT2D eigenvalue weighted by atomic mass is 9.96. The van der Waals surface area contributed by atoms with Gasteiger partial charge in [-0.05, 0) is 59.2 Å². The molecule has 0 radical (unpaired) electrons. The Hall–Kier alpha value is -0.940. The second kappa shape index (κ2) is 6.22. The number of likely N-dealkylation sites (tertiary alicyclic amines) is 1. The van der Waals surface area contributed by atoms with Crippen LogP contribution in [0.2, 0.25) is 0 Å². The first-order chi connectivity index (χ1) is 9.74. The van der Waals surface area contributed by atoms with Crippen LogP contribution in [-0.2, 0) is 0 Å². The molecule has 112 valence electrons. The summed E-state index contributed by atoms with van der Waals surface area (Å²) >= 11 is 0.